The fourth-order valence-corrected chi connectivity index (χ4v) is 4.26. The van der Waals surface area contributed by atoms with Crippen LogP contribution in [0.1, 0.15) is 15.9 Å². The number of nitrogens with two attached hydrogens (primary N) is 1. The molecule has 2 N–H and O–H groups in total. The molecule has 1 amide bonds. The Balaban J connectivity index is 1.68. The van der Waals surface area contributed by atoms with Crippen molar-refractivity contribution < 1.29 is 18.8 Å². The van der Waals surface area contributed by atoms with Gasteiger partial charge in [0.15, 0.2) is 5.16 Å². The number of hydrogen-bond acceptors (Lipinski definition) is 8. The summed E-state index contributed by atoms with van der Waals surface area (Å²) in [6.07, 6.45) is 0. The highest BCUT2D eigenvalue weighted by Gasteiger charge is 2.23. The van der Waals surface area contributed by atoms with E-state index >= 15 is 0 Å². The van der Waals surface area contributed by atoms with Crippen LogP contribution in [-0.4, -0.2) is 51.9 Å². The molecule has 3 aromatic rings. The van der Waals surface area contributed by atoms with Gasteiger partial charge in [-0.05, 0) is 24.3 Å². The summed E-state index contributed by atoms with van der Waals surface area (Å²) in [4.78, 5) is 24.3. The smallest absolute Gasteiger partial charge is 0.274 e. The van der Waals surface area contributed by atoms with E-state index in [4.69, 9.17) is 10.5 Å². The molecule has 1 saturated heterocycles. The molecule has 10 nitrogen and oxygen atoms in total. The van der Waals surface area contributed by atoms with E-state index in [2.05, 4.69) is 10.2 Å². The fraction of sp³-hybridized carbons (Fsp3) is 0.250. The van der Waals surface area contributed by atoms with Gasteiger partial charge in [-0.3, -0.25) is 19.5 Å². The molecule has 1 fully saturated rings. The van der Waals surface area contributed by atoms with Gasteiger partial charge in [0.05, 0.1) is 23.8 Å². The van der Waals surface area contributed by atoms with Gasteiger partial charge in [0, 0.05) is 36.0 Å². The summed E-state index contributed by atoms with van der Waals surface area (Å²) in [7, 11) is 0. The minimum absolute atomic E-state index is 0.0583. The molecule has 2 aromatic carbocycles. The number of primary amides is 1. The number of nitro groups is 1. The Labute approximate surface area is 186 Å². The fourth-order valence-electron chi connectivity index (χ4n) is 3.32. The second-order valence-corrected chi connectivity index (χ2v) is 7.89. The first-order valence-electron chi connectivity index (χ1n) is 9.68. The molecule has 166 valence electrons. The number of carbonyl (C=O) groups is 1. The number of benzene rings is 2. The van der Waals surface area contributed by atoms with Gasteiger partial charge in [-0.15, -0.1) is 10.2 Å². The molecule has 4 rings (SSSR count). The Morgan fingerprint density at radius 2 is 2.00 bits per heavy atom. The molecule has 0 atom stereocenters. The zero-order valence-corrected chi connectivity index (χ0v) is 17.6. The summed E-state index contributed by atoms with van der Waals surface area (Å²) in [5, 5.41) is 20.5. The first-order valence-corrected chi connectivity index (χ1v) is 10.7. The maximum absolute atomic E-state index is 14.0. The van der Waals surface area contributed by atoms with Gasteiger partial charge < -0.3 is 15.4 Å². The lowest BCUT2D eigenvalue weighted by molar-refractivity contribution is -0.385. The Hall–Kier alpha value is -3.51. The molecular formula is C20H19FN6O4S. The number of ether oxygens (including phenoxy) is 1. The first-order chi connectivity index (χ1) is 15.4. The average Bonchev–Trinajstić information content (AvgIpc) is 3.22. The molecule has 0 radical (unpaired) electrons. The van der Waals surface area contributed by atoms with E-state index in [1.807, 2.05) is 4.90 Å². The molecule has 1 aliphatic rings. The lowest BCUT2D eigenvalue weighted by atomic mass is 10.1. The Bertz CT molecular complexity index is 1160. The Kier molecular flexibility index (Phi) is 6.32. The van der Waals surface area contributed by atoms with Crippen LogP contribution < -0.4 is 10.6 Å². The molecule has 0 bridgehead atoms. The quantitative estimate of drug-likeness (QED) is 0.325. The number of thioether (sulfide) groups is 1. The lowest BCUT2D eigenvalue weighted by Gasteiger charge is -2.27. The van der Waals surface area contributed by atoms with Crippen LogP contribution >= 0.6 is 11.8 Å². The molecular weight excluding hydrogens is 439 g/mol. The van der Waals surface area contributed by atoms with Crippen molar-refractivity contribution in [3.63, 3.8) is 0 Å². The lowest BCUT2D eigenvalue weighted by Crippen LogP contribution is -2.37. The normalized spacial score (nSPS) is 13.8. The van der Waals surface area contributed by atoms with Crippen molar-refractivity contribution >= 4 is 29.3 Å². The third-order valence-electron chi connectivity index (χ3n) is 4.90. The molecule has 2 heterocycles. The van der Waals surface area contributed by atoms with Crippen molar-refractivity contribution in [2.75, 3.05) is 31.2 Å². The van der Waals surface area contributed by atoms with E-state index in [0.717, 1.165) is 6.07 Å². The summed E-state index contributed by atoms with van der Waals surface area (Å²) in [6.45, 7) is 2.30. The minimum atomic E-state index is -0.742. The third kappa shape index (κ3) is 4.55. The topological polar surface area (TPSA) is 129 Å². The summed E-state index contributed by atoms with van der Waals surface area (Å²) in [6, 6.07) is 10.2. The summed E-state index contributed by atoms with van der Waals surface area (Å²) < 4.78 is 21.1. The van der Waals surface area contributed by atoms with Crippen molar-refractivity contribution in [2.24, 2.45) is 5.73 Å². The van der Waals surface area contributed by atoms with Crippen LogP contribution in [0.2, 0.25) is 0 Å². The van der Waals surface area contributed by atoms with Gasteiger partial charge in [0.2, 0.25) is 11.9 Å². The summed E-state index contributed by atoms with van der Waals surface area (Å²) in [5.74, 6) is -0.419. The summed E-state index contributed by atoms with van der Waals surface area (Å²) >= 11 is 1.22. The van der Waals surface area contributed by atoms with Crippen molar-refractivity contribution in [1.29, 1.82) is 0 Å². The number of nitrogens with zero attached hydrogens (tertiary/aromatic N) is 5. The van der Waals surface area contributed by atoms with Crippen LogP contribution in [0.4, 0.5) is 16.0 Å². The summed E-state index contributed by atoms with van der Waals surface area (Å²) in [5.41, 5.74) is 6.02. The van der Waals surface area contributed by atoms with Gasteiger partial charge >= 0.3 is 0 Å². The number of rotatable bonds is 7. The van der Waals surface area contributed by atoms with E-state index < -0.39 is 16.6 Å². The number of hydrogen-bond donors (Lipinski definition) is 1. The molecule has 0 saturated carbocycles. The van der Waals surface area contributed by atoms with Crippen molar-refractivity contribution in [2.45, 2.75) is 10.9 Å². The van der Waals surface area contributed by atoms with Crippen LogP contribution in [0.15, 0.2) is 47.6 Å². The molecule has 12 heteroatoms. The molecule has 0 spiro atoms. The van der Waals surface area contributed by atoms with E-state index in [0.29, 0.717) is 48.7 Å². The highest BCUT2D eigenvalue weighted by Crippen LogP contribution is 2.32. The molecule has 0 aliphatic carbocycles. The second kappa shape index (κ2) is 9.32. The molecule has 32 heavy (non-hydrogen) atoms. The van der Waals surface area contributed by atoms with Gasteiger partial charge in [-0.1, -0.05) is 23.9 Å². The predicted octanol–water partition coefficient (Wildman–Crippen LogP) is 2.54. The van der Waals surface area contributed by atoms with Crippen molar-refractivity contribution in [1.82, 2.24) is 14.8 Å². The van der Waals surface area contributed by atoms with Gasteiger partial charge in [0.1, 0.15) is 5.82 Å². The van der Waals surface area contributed by atoms with Gasteiger partial charge in [-0.25, -0.2) is 4.39 Å². The highest BCUT2D eigenvalue weighted by atomic mass is 32.2. The van der Waals surface area contributed by atoms with E-state index in [9.17, 15) is 19.3 Å². The number of morpholine rings is 1. The standard InChI is InChI=1S/C20H19FN6O4S/c21-15-2-1-3-16(11-15)26-19(25-6-8-31-9-7-25)23-24-20(26)32-12-14-5-4-13(18(22)28)10-17(14)27(29)30/h1-5,10-11H,6-9,12H2,(H2,22,28). The zero-order valence-electron chi connectivity index (χ0n) is 16.8. The number of carbonyl (C=O) groups excluding carboxylic acids is 1. The number of nitro benzene ring substituents is 1. The number of aromatic nitrogens is 3. The third-order valence-corrected chi connectivity index (χ3v) is 5.88. The van der Waals surface area contributed by atoms with E-state index in [-0.39, 0.29) is 17.0 Å². The largest absolute Gasteiger partial charge is 0.378 e. The molecule has 1 aromatic heterocycles. The zero-order chi connectivity index (χ0) is 22.7. The molecule has 0 unspecified atom stereocenters. The number of anilines is 1. The Morgan fingerprint density at radius 3 is 2.69 bits per heavy atom. The van der Waals surface area contributed by atoms with Crippen molar-refractivity contribution in [3.05, 3.63) is 69.5 Å². The highest BCUT2D eigenvalue weighted by molar-refractivity contribution is 7.98. The average molecular weight is 458 g/mol. The van der Waals surface area contributed by atoms with Crippen LogP contribution in [-0.2, 0) is 10.5 Å². The SMILES string of the molecule is NC(=O)c1ccc(CSc2nnc(N3CCOCC3)n2-c2cccc(F)c2)c([N+](=O)[O-])c1. The van der Waals surface area contributed by atoms with Crippen LogP contribution in [0, 0.1) is 15.9 Å². The van der Waals surface area contributed by atoms with Crippen LogP contribution in [0.5, 0.6) is 0 Å². The monoisotopic (exact) mass is 458 g/mol. The number of halogens is 1. The maximum atomic E-state index is 14.0. The van der Waals surface area contributed by atoms with Crippen molar-refractivity contribution in [3.8, 4) is 5.69 Å². The second-order valence-electron chi connectivity index (χ2n) is 6.95. The molecule has 1 aliphatic heterocycles. The first kappa shape index (κ1) is 21.7. The van der Waals surface area contributed by atoms with Crippen LogP contribution in [0.25, 0.3) is 5.69 Å². The number of amides is 1. The minimum Gasteiger partial charge on any atom is -0.378 e. The van der Waals surface area contributed by atoms with Gasteiger partial charge in [0.25, 0.3) is 5.69 Å². The Morgan fingerprint density at radius 1 is 1.22 bits per heavy atom. The maximum Gasteiger partial charge on any atom is 0.274 e. The van der Waals surface area contributed by atoms with E-state index in [1.54, 1.807) is 16.7 Å². The van der Waals surface area contributed by atoms with Gasteiger partial charge in [-0.2, -0.15) is 0 Å². The predicted molar refractivity (Wildman–Crippen MR) is 116 cm³/mol. The van der Waals surface area contributed by atoms with Crippen LogP contribution in [0.3, 0.4) is 0 Å². The van der Waals surface area contributed by atoms with E-state index in [1.165, 1.54) is 36.0 Å².